The van der Waals surface area contributed by atoms with Gasteiger partial charge in [-0.15, -0.1) is 0 Å². The molecule has 0 aromatic heterocycles. The van der Waals surface area contributed by atoms with Gasteiger partial charge in [0.05, 0.1) is 16.1 Å². The van der Waals surface area contributed by atoms with Gasteiger partial charge in [-0.25, -0.2) is 10.3 Å². The van der Waals surface area contributed by atoms with Crippen LogP contribution in [-0.4, -0.2) is 22.2 Å². The maximum atomic E-state index is 11.0. The van der Waals surface area contributed by atoms with Crippen LogP contribution in [0.1, 0.15) is 20.7 Å². The number of carbonyl (C=O) groups excluding carboxylic acids is 1. The third kappa shape index (κ3) is 1.84. The van der Waals surface area contributed by atoms with Crippen molar-refractivity contribution < 1.29 is 19.9 Å². The van der Waals surface area contributed by atoms with Crippen LogP contribution >= 0.6 is 11.6 Å². The summed E-state index contributed by atoms with van der Waals surface area (Å²) in [6.07, 6.45) is 0. The highest BCUT2D eigenvalue weighted by molar-refractivity contribution is 6.34. The SMILES string of the molecule is O=C(NO)c1cccc(Cl)c1C(=O)O. The molecule has 0 bridgehead atoms. The predicted octanol–water partition coefficient (Wildman–Crippen LogP) is 1.16. The average molecular weight is 216 g/mol. The number of rotatable bonds is 2. The molecule has 1 aromatic rings. The Kier molecular flexibility index (Phi) is 3.06. The number of nitrogens with one attached hydrogen (secondary N) is 1. The van der Waals surface area contributed by atoms with Gasteiger partial charge in [-0.05, 0) is 12.1 Å². The lowest BCUT2D eigenvalue weighted by Crippen LogP contribution is -2.21. The zero-order valence-corrected chi connectivity index (χ0v) is 7.58. The predicted molar refractivity (Wildman–Crippen MR) is 47.7 cm³/mol. The van der Waals surface area contributed by atoms with Crippen molar-refractivity contribution in [2.24, 2.45) is 0 Å². The Labute approximate surface area is 83.9 Å². The van der Waals surface area contributed by atoms with E-state index in [0.717, 1.165) is 0 Å². The normalized spacial score (nSPS) is 9.57. The van der Waals surface area contributed by atoms with Gasteiger partial charge in [-0.1, -0.05) is 17.7 Å². The van der Waals surface area contributed by atoms with Crippen molar-refractivity contribution in [3.05, 3.63) is 34.3 Å². The summed E-state index contributed by atoms with van der Waals surface area (Å²) in [6.45, 7) is 0. The average Bonchev–Trinajstić information content (AvgIpc) is 2.15. The lowest BCUT2D eigenvalue weighted by molar-refractivity contribution is 0.0662. The number of halogens is 1. The second-order valence-corrected chi connectivity index (χ2v) is 2.82. The monoisotopic (exact) mass is 215 g/mol. The molecular formula is C8H6ClNO4. The Hall–Kier alpha value is -1.59. The van der Waals surface area contributed by atoms with Gasteiger partial charge in [0.1, 0.15) is 0 Å². The van der Waals surface area contributed by atoms with Gasteiger partial charge in [0.2, 0.25) is 0 Å². The Bertz CT molecular complexity index is 391. The summed E-state index contributed by atoms with van der Waals surface area (Å²) in [6, 6.07) is 4.01. The molecular weight excluding hydrogens is 210 g/mol. The van der Waals surface area contributed by atoms with E-state index in [1.807, 2.05) is 0 Å². The van der Waals surface area contributed by atoms with Crippen molar-refractivity contribution >= 4 is 23.5 Å². The van der Waals surface area contributed by atoms with Gasteiger partial charge in [0.15, 0.2) is 0 Å². The molecule has 3 N–H and O–H groups in total. The Morgan fingerprint density at radius 1 is 1.36 bits per heavy atom. The third-order valence-corrected chi connectivity index (χ3v) is 1.89. The van der Waals surface area contributed by atoms with Crippen molar-refractivity contribution in [2.45, 2.75) is 0 Å². The summed E-state index contributed by atoms with van der Waals surface area (Å²) in [4.78, 5) is 21.7. The summed E-state index contributed by atoms with van der Waals surface area (Å²) < 4.78 is 0. The number of benzene rings is 1. The molecule has 0 fully saturated rings. The van der Waals surface area contributed by atoms with Gasteiger partial charge >= 0.3 is 5.97 Å². The minimum absolute atomic E-state index is 0.0569. The maximum Gasteiger partial charge on any atom is 0.338 e. The van der Waals surface area contributed by atoms with E-state index in [1.54, 1.807) is 0 Å². The van der Waals surface area contributed by atoms with E-state index < -0.39 is 11.9 Å². The molecule has 5 nitrogen and oxygen atoms in total. The zero-order chi connectivity index (χ0) is 10.7. The van der Waals surface area contributed by atoms with Crippen LogP contribution in [0.15, 0.2) is 18.2 Å². The van der Waals surface area contributed by atoms with Crippen LogP contribution in [0.3, 0.4) is 0 Å². The quantitative estimate of drug-likeness (QED) is 0.510. The molecule has 74 valence electrons. The molecule has 0 unspecified atom stereocenters. The molecule has 0 aliphatic carbocycles. The Morgan fingerprint density at radius 3 is 2.50 bits per heavy atom. The van der Waals surface area contributed by atoms with Crippen LogP contribution in [-0.2, 0) is 0 Å². The van der Waals surface area contributed by atoms with Gasteiger partial charge in [0, 0.05) is 0 Å². The van der Waals surface area contributed by atoms with E-state index in [-0.39, 0.29) is 16.1 Å². The van der Waals surface area contributed by atoms with Crippen LogP contribution in [0.4, 0.5) is 0 Å². The van der Waals surface area contributed by atoms with Gasteiger partial charge in [-0.3, -0.25) is 10.0 Å². The van der Waals surface area contributed by atoms with Crippen LogP contribution in [0.5, 0.6) is 0 Å². The van der Waals surface area contributed by atoms with E-state index in [2.05, 4.69) is 0 Å². The summed E-state index contributed by atoms with van der Waals surface area (Å²) in [5.74, 6) is -2.24. The van der Waals surface area contributed by atoms with E-state index in [0.29, 0.717) is 0 Å². The Balaban J connectivity index is 3.35. The van der Waals surface area contributed by atoms with Crippen molar-refractivity contribution in [2.75, 3.05) is 0 Å². The number of hydroxylamine groups is 1. The molecule has 0 heterocycles. The van der Waals surface area contributed by atoms with E-state index in [9.17, 15) is 9.59 Å². The first kappa shape index (κ1) is 10.5. The lowest BCUT2D eigenvalue weighted by atomic mass is 10.1. The molecule has 6 heteroatoms. The standard InChI is InChI=1S/C8H6ClNO4/c9-5-3-1-2-4(7(11)10-14)6(5)8(12)13/h1-3,14H,(H,10,11)(H,12,13). The molecule has 0 spiro atoms. The molecule has 0 atom stereocenters. The van der Waals surface area contributed by atoms with Crippen molar-refractivity contribution in [3.63, 3.8) is 0 Å². The number of amides is 1. The van der Waals surface area contributed by atoms with Gasteiger partial charge in [0.25, 0.3) is 5.91 Å². The van der Waals surface area contributed by atoms with E-state index in [1.165, 1.54) is 23.7 Å². The van der Waals surface area contributed by atoms with Crippen LogP contribution < -0.4 is 5.48 Å². The summed E-state index contributed by atoms with van der Waals surface area (Å²) in [7, 11) is 0. The first-order valence-electron chi connectivity index (χ1n) is 3.54. The highest BCUT2D eigenvalue weighted by atomic mass is 35.5. The topological polar surface area (TPSA) is 86.6 Å². The summed E-state index contributed by atoms with van der Waals surface area (Å²) >= 11 is 5.58. The molecule has 14 heavy (non-hydrogen) atoms. The maximum absolute atomic E-state index is 11.0. The molecule has 1 rings (SSSR count). The van der Waals surface area contributed by atoms with Gasteiger partial charge < -0.3 is 5.11 Å². The fourth-order valence-corrected chi connectivity index (χ4v) is 1.25. The minimum atomic E-state index is -1.32. The van der Waals surface area contributed by atoms with Crippen molar-refractivity contribution in [1.82, 2.24) is 5.48 Å². The summed E-state index contributed by atoms with van der Waals surface area (Å²) in [5, 5.41) is 17.0. The minimum Gasteiger partial charge on any atom is -0.478 e. The number of carboxylic acid groups (broad SMARTS) is 1. The lowest BCUT2D eigenvalue weighted by Gasteiger charge is -2.04. The second kappa shape index (κ2) is 4.08. The molecule has 1 amide bonds. The number of hydrogen-bond acceptors (Lipinski definition) is 3. The van der Waals surface area contributed by atoms with Gasteiger partial charge in [-0.2, -0.15) is 0 Å². The molecule has 0 saturated heterocycles. The number of aromatic carboxylic acids is 1. The van der Waals surface area contributed by atoms with Crippen LogP contribution in [0.25, 0.3) is 0 Å². The largest absolute Gasteiger partial charge is 0.478 e. The number of hydrogen-bond donors (Lipinski definition) is 3. The molecule has 0 radical (unpaired) electrons. The molecule has 1 aromatic carbocycles. The second-order valence-electron chi connectivity index (χ2n) is 2.41. The Morgan fingerprint density at radius 2 is 2.00 bits per heavy atom. The zero-order valence-electron chi connectivity index (χ0n) is 6.82. The fraction of sp³-hybridized carbons (Fsp3) is 0. The third-order valence-electron chi connectivity index (χ3n) is 1.57. The van der Waals surface area contributed by atoms with E-state index in [4.69, 9.17) is 21.9 Å². The summed E-state index contributed by atoms with van der Waals surface area (Å²) in [5.41, 5.74) is 0.823. The van der Waals surface area contributed by atoms with Crippen LogP contribution in [0.2, 0.25) is 5.02 Å². The first-order chi connectivity index (χ1) is 6.57. The van der Waals surface area contributed by atoms with Crippen molar-refractivity contribution in [3.8, 4) is 0 Å². The first-order valence-corrected chi connectivity index (χ1v) is 3.92. The van der Waals surface area contributed by atoms with E-state index >= 15 is 0 Å². The van der Waals surface area contributed by atoms with Crippen LogP contribution in [0, 0.1) is 0 Å². The smallest absolute Gasteiger partial charge is 0.338 e. The number of carbonyl (C=O) groups is 2. The highest BCUT2D eigenvalue weighted by Crippen LogP contribution is 2.19. The van der Waals surface area contributed by atoms with Crippen molar-refractivity contribution in [1.29, 1.82) is 0 Å². The number of carboxylic acids is 1. The molecule has 0 aliphatic rings. The molecule has 0 aliphatic heterocycles. The fourth-order valence-electron chi connectivity index (χ4n) is 0.991. The molecule has 0 saturated carbocycles. The highest BCUT2D eigenvalue weighted by Gasteiger charge is 2.18.